The Kier molecular flexibility index (Phi) is 9.87. The van der Waals surface area contributed by atoms with E-state index in [1.54, 1.807) is 24.3 Å². The molecule has 2 atom stereocenters. The summed E-state index contributed by atoms with van der Waals surface area (Å²) >= 11 is 0. The van der Waals surface area contributed by atoms with Crippen LogP contribution in [0.25, 0.3) is 21.5 Å². The maximum atomic E-state index is 13.2. The molecule has 214 valence electrons. The molecule has 4 N–H and O–H groups in total. The van der Waals surface area contributed by atoms with Crippen LogP contribution in [0.15, 0.2) is 110 Å². The lowest BCUT2D eigenvalue weighted by atomic mass is 10.1. The molecule has 4 aromatic carbocycles. The molecule has 10 nitrogen and oxygen atoms in total. The van der Waals surface area contributed by atoms with Crippen molar-refractivity contribution in [3.05, 3.63) is 110 Å². The van der Waals surface area contributed by atoms with Gasteiger partial charge in [-0.2, -0.15) is 0 Å². The number of amides is 4. The van der Waals surface area contributed by atoms with E-state index >= 15 is 0 Å². The highest BCUT2D eigenvalue weighted by atomic mass is 16.6. The fourth-order valence-electron chi connectivity index (χ4n) is 4.23. The second-order valence-electron chi connectivity index (χ2n) is 9.02. The first-order valence-corrected chi connectivity index (χ1v) is 13.1. The van der Waals surface area contributed by atoms with Crippen molar-refractivity contribution in [2.75, 3.05) is 23.7 Å². The summed E-state index contributed by atoms with van der Waals surface area (Å²) in [5, 5.41) is 13.4. The first-order valence-electron chi connectivity index (χ1n) is 13.1. The third-order valence-corrected chi connectivity index (χ3v) is 6.15. The summed E-state index contributed by atoms with van der Waals surface area (Å²) in [5.74, 6) is -1.75. The van der Waals surface area contributed by atoms with Crippen molar-refractivity contribution in [2.45, 2.75) is 12.2 Å². The van der Waals surface area contributed by atoms with E-state index in [9.17, 15) is 19.2 Å². The molecule has 10 heteroatoms. The zero-order valence-corrected chi connectivity index (χ0v) is 22.7. The Bertz CT molecular complexity index is 1500. The van der Waals surface area contributed by atoms with Gasteiger partial charge in [-0.3, -0.25) is 20.2 Å². The van der Waals surface area contributed by atoms with Gasteiger partial charge in [-0.25, -0.2) is 9.59 Å². The fourth-order valence-corrected chi connectivity index (χ4v) is 4.23. The number of ether oxygens (including phenoxy) is 2. The molecule has 0 saturated carbocycles. The highest BCUT2D eigenvalue weighted by molar-refractivity contribution is 6.03. The average molecular weight is 567 g/mol. The number of hydrogen-bond acceptors (Lipinski definition) is 6. The summed E-state index contributed by atoms with van der Waals surface area (Å²) in [6.07, 6.45) is -2.97. The van der Waals surface area contributed by atoms with E-state index in [0.717, 1.165) is 21.5 Å². The molecule has 4 aromatic rings. The molecule has 0 saturated heterocycles. The minimum Gasteiger partial charge on any atom is -0.431 e. The van der Waals surface area contributed by atoms with Crippen LogP contribution in [0.1, 0.15) is 0 Å². The highest BCUT2D eigenvalue weighted by Gasteiger charge is 2.40. The lowest BCUT2D eigenvalue weighted by Crippen LogP contribution is -2.54. The van der Waals surface area contributed by atoms with Crippen molar-refractivity contribution < 1.29 is 28.7 Å². The van der Waals surface area contributed by atoms with Crippen LogP contribution in [0.2, 0.25) is 0 Å². The lowest BCUT2D eigenvalue weighted by molar-refractivity contribution is -0.145. The van der Waals surface area contributed by atoms with E-state index < -0.39 is 36.2 Å². The van der Waals surface area contributed by atoms with Crippen molar-refractivity contribution in [3.8, 4) is 0 Å². The molecule has 0 aliphatic heterocycles. The van der Waals surface area contributed by atoms with Crippen molar-refractivity contribution in [2.24, 2.45) is 0 Å². The minimum absolute atomic E-state index is 0.00678. The molecular formula is C32H30N4O6. The Labute approximate surface area is 242 Å². The lowest BCUT2D eigenvalue weighted by Gasteiger charge is -2.25. The molecule has 0 aliphatic carbocycles. The number of fused-ring (bicyclic) bond motifs is 2. The summed E-state index contributed by atoms with van der Waals surface area (Å²) in [6.45, 7) is 7.13. The summed E-state index contributed by atoms with van der Waals surface area (Å²) in [6, 6.07) is 25.3. The van der Waals surface area contributed by atoms with Crippen molar-refractivity contribution in [1.29, 1.82) is 0 Å². The number of nitrogens with one attached hydrogen (secondary N) is 4. The second kappa shape index (κ2) is 14.1. The first-order chi connectivity index (χ1) is 20.4. The van der Waals surface area contributed by atoms with E-state index in [2.05, 4.69) is 34.4 Å². The predicted octanol–water partition coefficient (Wildman–Crippen LogP) is 5.13. The standard InChI is InChI=1S/C32H30N4O6/c1-3-19-33-29(37)27(41-31(39)35-25-17-9-13-21-11-5-7-15-23(21)25)28(30(38)34-20-4-2)42-32(40)36-26-18-10-14-22-12-6-8-16-24(22)26/h3-18,27-28H,1-2,19-20H2,(H,33,37)(H,34,38)(H,35,39)(H,36,40). The number of hydrogen-bond donors (Lipinski definition) is 4. The number of benzene rings is 4. The Balaban J connectivity index is 1.60. The largest absolute Gasteiger partial charge is 0.431 e. The Morgan fingerprint density at radius 1 is 0.595 bits per heavy atom. The Morgan fingerprint density at radius 2 is 0.976 bits per heavy atom. The molecule has 4 amide bonds. The van der Waals surface area contributed by atoms with Crippen molar-refractivity contribution in [3.63, 3.8) is 0 Å². The van der Waals surface area contributed by atoms with Gasteiger partial charge in [0.05, 0.1) is 11.4 Å². The number of anilines is 2. The van der Waals surface area contributed by atoms with Gasteiger partial charge in [0.15, 0.2) is 0 Å². The zero-order chi connectivity index (χ0) is 29.9. The molecule has 0 aromatic heterocycles. The van der Waals surface area contributed by atoms with Crippen LogP contribution < -0.4 is 21.3 Å². The Hall–Kier alpha value is -5.64. The van der Waals surface area contributed by atoms with Crippen LogP contribution in [0.3, 0.4) is 0 Å². The number of rotatable bonds is 11. The molecule has 0 fully saturated rings. The van der Waals surface area contributed by atoms with Crippen LogP contribution in [0.4, 0.5) is 21.0 Å². The Morgan fingerprint density at radius 3 is 1.38 bits per heavy atom. The van der Waals surface area contributed by atoms with Gasteiger partial charge < -0.3 is 20.1 Å². The summed E-state index contributed by atoms with van der Waals surface area (Å²) < 4.78 is 10.9. The highest BCUT2D eigenvalue weighted by Crippen LogP contribution is 2.25. The van der Waals surface area contributed by atoms with Gasteiger partial charge >= 0.3 is 12.2 Å². The monoisotopic (exact) mass is 566 g/mol. The average Bonchev–Trinajstić information content (AvgIpc) is 3.00. The van der Waals surface area contributed by atoms with E-state index in [1.165, 1.54) is 12.2 Å². The van der Waals surface area contributed by atoms with E-state index in [0.29, 0.717) is 11.4 Å². The third kappa shape index (κ3) is 7.30. The van der Waals surface area contributed by atoms with Crippen molar-refractivity contribution >= 4 is 56.9 Å². The van der Waals surface area contributed by atoms with Crippen LogP contribution in [-0.4, -0.2) is 49.3 Å². The molecule has 0 bridgehead atoms. The van der Waals surface area contributed by atoms with E-state index in [4.69, 9.17) is 9.47 Å². The molecule has 0 aliphatic rings. The normalized spacial score (nSPS) is 11.9. The molecule has 42 heavy (non-hydrogen) atoms. The maximum absolute atomic E-state index is 13.2. The smallest absolute Gasteiger partial charge is 0.412 e. The third-order valence-electron chi connectivity index (χ3n) is 6.15. The molecule has 0 spiro atoms. The quantitative estimate of drug-likeness (QED) is 0.186. The zero-order valence-electron chi connectivity index (χ0n) is 22.7. The molecule has 4 rings (SSSR count). The van der Waals surface area contributed by atoms with Crippen LogP contribution in [0.5, 0.6) is 0 Å². The van der Waals surface area contributed by atoms with Gasteiger partial charge in [-0.1, -0.05) is 84.9 Å². The number of carbonyl (C=O) groups is 4. The summed E-state index contributed by atoms with van der Waals surface area (Å²) in [4.78, 5) is 52.5. The van der Waals surface area contributed by atoms with Crippen molar-refractivity contribution in [1.82, 2.24) is 10.6 Å². The summed E-state index contributed by atoms with van der Waals surface area (Å²) in [7, 11) is 0. The van der Waals surface area contributed by atoms with Crippen LogP contribution in [-0.2, 0) is 19.1 Å². The fraction of sp³-hybridized carbons (Fsp3) is 0.125. The molecule has 2 unspecified atom stereocenters. The van der Waals surface area contributed by atoms with Gasteiger partial charge in [0, 0.05) is 23.9 Å². The maximum Gasteiger partial charge on any atom is 0.412 e. The SMILES string of the molecule is C=CCNC(=O)C(OC(=O)Nc1cccc2ccccc12)C(OC(=O)Nc1cccc2ccccc12)C(=O)NCC=C. The molecule has 0 radical (unpaired) electrons. The minimum atomic E-state index is -1.86. The molecule has 0 heterocycles. The van der Waals surface area contributed by atoms with Gasteiger partial charge in [0.1, 0.15) is 0 Å². The van der Waals surface area contributed by atoms with E-state index in [-0.39, 0.29) is 13.1 Å². The topological polar surface area (TPSA) is 135 Å². The van der Waals surface area contributed by atoms with Gasteiger partial charge in [0.2, 0.25) is 12.2 Å². The van der Waals surface area contributed by atoms with E-state index in [1.807, 2.05) is 60.7 Å². The van der Waals surface area contributed by atoms with Crippen LogP contribution >= 0.6 is 0 Å². The first kappa shape index (κ1) is 29.3. The van der Waals surface area contributed by atoms with Gasteiger partial charge in [-0.05, 0) is 22.9 Å². The molecular weight excluding hydrogens is 536 g/mol. The number of carbonyl (C=O) groups excluding carboxylic acids is 4. The predicted molar refractivity (Wildman–Crippen MR) is 162 cm³/mol. The van der Waals surface area contributed by atoms with Gasteiger partial charge in [-0.15, -0.1) is 13.2 Å². The second-order valence-corrected chi connectivity index (χ2v) is 9.02. The van der Waals surface area contributed by atoms with Gasteiger partial charge in [0.25, 0.3) is 11.8 Å². The van der Waals surface area contributed by atoms with Crippen LogP contribution in [0, 0.1) is 0 Å². The summed E-state index contributed by atoms with van der Waals surface area (Å²) in [5.41, 5.74) is 0.844.